The van der Waals surface area contributed by atoms with Crippen LogP contribution in [0, 0.1) is 5.95 Å². The Bertz CT molecular complexity index is 934. The van der Waals surface area contributed by atoms with Crippen LogP contribution in [0.5, 0.6) is 5.75 Å². The van der Waals surface area contributed by atoms with Crippen molar-refractivity contribution in [3.63, 3.8) is 0 Å². The van der Waals surface area contributed by atoms with Crippen molar-refractivity contribution in [1.82, 2.24) is 4.98 Å². The molecular formula is C19H18FN3O3. The molecule has 1 aromatic heterocycles. The fourth-order valence-electron chi connectivity index (χ4n) is 4.27. The van der Waals surface area contributed by atoms with Crippen LogP contribution in [0.2, 0.25) is 0 Å². The first-order chi connectivity index (χ1) is 12.5. The second kappa shape index (κ2) is 5.17. The third-order valence-electron chi connectivity index (χ3n) is 5.48. The smallest absolute Gasteiger partial charge is 0.283 e. The van der Waals surface area contributed by atoms with Gasteiger partial charge >= 0.3 is 0 Å². The number of hydrogen-bond donors (Lipinski definition) is 1. The lowest BCUT2D eigenvalue weighted by Crippen LogP contribution is -2.57. The third-order valence-corrected chi connectivity index (χ3v) is 5.48. The van der Waals surface area contributed by atoms with E-state index in [4.69, 9.17) is 19.9 Å². The van der Waals surface area contributed by atoms with Crippen LogP contribution < -0.4 is 10.5 Å². The number of fused-ring (bicyclic) bond motifs is 4. The average molecular weight is 355 g/mol. The monoisotopic (exact) mass is 355 g/mol. The van der Waals surface area contributed by atoms with Gasteiger partial charge in [-0.2, -0.15) is 4.39 Å². The highest BCUT2D eigenvalue weighted by Crippen LogP contribution is 2.53. The minimum Gasteiger partial charge on any atom is -0.484 e. The zero-order chi connectivity index (χ0) is 17.9. The van der Waals surface area contributed by atoms with E-state index in [1.807, 2.05) is 25.1 Å². The maximum atomic E-state index is 14.2. The van der Waals surface area contributed by atoms with Crippen LogP contribution in [0.3, 0.4) is 0 Å². The second-order valence-corrected chi connectivity index (χ2v) is 7.13. The fraction of sp³-hybridized carbons (Fsp3) is 0.368. The summed E-state index contributed by atoms with van der Waals surface area (Å²) in [4.78, 5) is 8.36. The molecule has 4 heterocycles. The summed E-state index contributed by atoms with van der Waals surface area (Å²) in [6, 6.07) is 9.09. The summed E-state index contributed by atoms with van der Waals surface area (Å²) in [6.45, 7) is 2.87. The van der Waals surface area contributed by atoms with Crippen molar-refractivity contribution < 1.29 is 18.6 Å². The molecule has 3 atom stereocenters. The molecule has 0 bridgehead atoms. The summed E-state index contributed by atoms with van der Waals surface area (Å²) in [7, 11) is 0. The van der Waals surface area contributed by atoms with Gasteiger partial charge in [-0.15, -0.1) is 0 Å². The van der Waals surface area contributed by atoms with E-state index in [0.29, 0.717) is 23.5 Å². The van der Waals surface area contributed by atoms with Crippen LogP contribution in [0.1, 0.15) is 18.9 Å². The number of hydrogen-bond acceptors (Lipinski definition) is 6. The van der Waals surface area contributed by atoms with Gasteiger partial charge in [0.05, 0.1) is 6.61 Å². The van der Waals surface area contributed by atoms with E-state index in [0.717, 1.165) is 12.0 Å². The molecule has 7 heteroatoms. The maximum absolute atomic E-state index is 14.2. The Kier molecular flexibility index (Phi) is 3.10. The summed E-state index contributed by atoms with van der Waals surface area (Å²) < 4.78 is 32.0. The average Bonchev–Trinajstić information content (AvgIpc) is 3.20. The Balaban J connectivity index is 1.72. The predicted molar refractivity (Wildman–Crippen MR) is 92.3 cm³/mol. The van der Waals surface area contributed by atoms with Crippen LogP contribution in [0.25, 0.3) is 11.1 Å². The first kappa shape index (κ1) is 15.6. The van der Waals surface area contributed by atoms with Gasteiger partial charge in [-0.3, -0.25) is 0 Å². The molecule has 1 unspecified atom stereocenters. The van der Waals surface area contributed by atoms with Gasteiger partial charge in [0, 0.05) is 23.7 Å². The first-order valence-electron chi connectivity index (χ1n) is 8.56. The first-order valence-corrected chi connectivity index (χ1v) is 8.56. The number of rotatable bonds is 1. The maximum Gasteiger partial charge on any atom is 0.283 e. The van der Waals surface area contributed by atoms with Crippen molar-refractivity contribution >= 4 is 6.02 Å². The van der Waals surface area contributed by atoms with Crippen LogP contribution in [0.15, 0.2) is 41.5 Å². The van der Waals surface area contributed by atoms with E-state index in [1.165, 1.54) is 6.20 Å². The van der Waals surface area contributed by atoms with E-state index < -0.39 is 17.1 Å². The van der Waals surface area contributed by atoms with Crippen molar-refractivity contribution in [2.75, 3.05) is 13.2 Å². The molecule has 5 rings (SSSR count). The van der Waals surface area contributed by atoms with Crippen LogP contribution in [-0.2, 0) is 15.0 Å². The van der Waals surface area contributed by atoms with Gasteiger partial charge < -0.3 is 19.9 Å². The van der Waals surface area contributed by atoms with Crippen molar-refractivity contribution in [3.05, 3.63) is 48.0 Å². The highest BCUT2D eigenvalue weighted by molar-refractivity contribution is 5.76. The number of ether oxygens (including phenoxy) is 3. The van der Waals surface area contributed by atoms with E-state index in [2.05, 4.69) is 9.98 Å². The third kappa shape index (κ3) is 2.00. The lowest BCUT2D eigenvalue weighted by atomic mass is 9.74. The molecule has 26 heavy (non-hydrogen) atoms. The largest absolute Gasteiger partial charge is 0.484 e. The molecule has 0 aliphatic carbocycles. The normalized spacial score (nSPS) is 31.8. The van der Waals surface area contributed by atoms with Gasteiger partial charge in [0.25, 0.3) is 6.02 Å². The van der Waals surface area contributed by atoms with Gasteiger partial charge in [0.15, 0.2) is 5.54 Å². The standard InChI is InChI=1S/C19H18FN3O3/c1-18-6-8-24-16(18)19(10-25-17(21)23-19)13-9-11(4-5-14(13)26-18)12-3-2-7-22-15(12)20/h2-5,7,9,16H,6,8,10H2,1H3,(H2,21,23)/t16-,18+,19?/m0/s1. The zero-order valence-corrected chi connectivity index (χ0v) is 14.2. The molecule has 0 saturated carbocycles. The Morgan fingerprint density at radius 2 is 2.19 bits per heavy atom. The van der Waals surface area contributed by atoms with E-state index in [-0.39, 0.29) is 18.7 Å². The molecule has 2 N–H and O–H groups in total. The minimum absolute atomic E-state index is 0.133. The highest BCUT2D eigenvalue weighted by atomic mass is 19.1. The summed E-state index contributed by atoms with van der Waals surface area (Å²) in [5.74, 6) is 0.176. The number of nitrogens with zero attached hydrogens (tertiary/aromatic N) is 2. The molecule has 1 aromatic carbocycles. The molecule has 0 amide bonds. The van der Waals surface area contributed by atoms with Gasteiger partial charge in [-0.05, 0) is 36.8 Å². The number of aromatic nitrogens is 1. The molecule has 1 saturated heterocycles. The van der Waals surface area contributed by atoms with Crippen molar-refractivity contribution in [1.29, 1.82) is 0 Å². The van der Waals surface area contributed by atoms with E-state index >= 15 is 0 Å². The molecule has 6 nitrogen and oxygen atoms in total. The van der Waals surface area contributed by atoms with Gasteiger partial charge in [-0.1, -0.05) is 6.07 Å². The molecule has 3 aliphatic heterocycles. The lowest BCUT2D eigenvalue weighted by Gasteiger charge is -2.45. The fourth-order valence-corrected chi connectivity index (χ4v) is 4.27. The van der Waals surface area contributed by atoms with Crippen molar-refractivity contribution in [2.24, 2.45) is 10.7 Å². The topological polar surface area (TPSA) is 79.0 Å². The van der Waals surface area contributed by atoms with Gasteiger partial charge in [0.1, 0.15) is 24.1 Å². The highest BCUT2D eigenvalue weighted by Gasteiger charge is 2.62. The molecule has 134 valence electrons. The zero-order valence-electron chi connectivity index (χ0n) is 14.2. The molecule has 1 fully saturated rings. The molecule has 1 spiro atoms. The van der Waals surface area contributed by atoms with Crippen LogP contribution in [-0.4, -0.2) is 35.9 Å². The Morgan fingerprint density at radius 3 is 2.96 bits per heavy atom. The van der Waals surface area contributed by atoms with Crippen molar-refractivity contribution in [3.8, 4) is 16.9 Å². The molecule has 3 aliphatic rings. The number of halogens is 1. The minimum atomic E-state index is -0.794. The number of amidine groups is 1. The Morgan fingerprint density at radius 1 is 1.31 bits per heavy atom. The summed E-state index contributed by atoms with van der Waals surface area (Å²) in [6.07, 6.45) is 1.86. The molecule has 2 aromatic rings. The van der Waals surface area contributed by atoms with Crippen LogP contribution in [0.4, 0.5) is 4.39 Å². The molecular weight excluding hydrogens is 337 g/mol. The quantitative estimate of drug-likeness (QED) is 0.795. The number of nitrogens with two attached hydrogens (primary N) is 1. The van der Waals surface area contributed by atoms with Crippen molar-refractivity contribution in [2.45, 2.75) is 30.6 Å². The SMILES string of the molecule is C[C@@]12CCO[C@@H]1C1(COC(N)=N1)c1cc(-c3cccnc3F)ccc1O2. The Labute approximate surface area is 149 Å². The lowest BCUT2D eigenvalue weighted by molar-refractivity contribution is -0.0756. The van der Waals surface area contributed by atoms with Crippen LogP contribution >= 0.6 is 0 Å². The Hall–Kier alpha value is -2.67. The number of aliphatic imine (C=N–C) groups is 1. The summed E-state index contributed by atoms with van der Waals surface area (Å²) >= 11 is 0. The van der Waals surface area contributed by atoms with Gasteiger partial charge in [-0.25, -0.2) is 9.98 Å². The summed E-state index contributed by atoms with van der Waals surface area (Å²) in [5.41, 5.74) is 6.46. The summed E-state index contributed by atoms with van der Waals surface area (Å²) in [5, 5.41) is 0. The second-order valence-electron chi connectivity index (χ2n) is 7.13. The number of pyridine rings is 1. The number of benzene rings is 1. The predicted octanol–water partition coefficient (Wildman–Crippen LogP) is 2.37. The molecule has 0 radical (unpaired) electrons. The van der Waals surface area contributed by atoms with E-state index in [1.54, 1.807) is 12.1 Å². The van der Waals surface area contributed by atoms with Gasteiger partial charge in [0.2, 0.25) is 5.95 Å². The van der Waals surface area contributed by atoms with E-state index in [9.17, 15) is 4.39 Å².